The first-order valence-corrected chi connectivity index (χ1v) is 21.2. The van der Waals surface area contributed by atoms with Crippen LogP contribution in [0, 0.1) is 0 Å². The van der Waals surface area contributed by atoms with Gasteiger partial charge in [0.2, 0.25) is 5.91 Å². The normalized spacial score (nSPS) is 14.9. The molecule has 0 aromatic rings. The maximum absolute atomic E-state index is 12.8. The van der Waals surface area contributed by atoms with Crippen LogP contribution in [0.4, 0.5) is 0 Å². The zero-order valence-electron chi connectivity index (χ0n) is 31.9. The molecule has 0 rings (SSSR count). The highest BCUT2D eigenvalue weighted by Gasteiger charge is 2.23. The Morgan fingerprint density at radius 2 is 1.15 bits per heavy atom. The summed E-state index contributed by atoms with van der Waals surface area (Å²) in [6.45, 7) is 4.60. The van der Waals surface area contributed by atoms with Gasteiger partial charge >= 0.3 is 0 Å². The average molecular weight is 701 g/mol. The summed E-state index contributed by atoms with van der Waals surface area (Å²) < 4.78 is 23.1. The highest BCUT2D eigenvalue weighted by molar-refractivity contribution is 7.45. The summed E-state index contributed by atoms with van der Waals surface area (Å²) in [6, 6.07) is -0.885. The molecule has 0 saturated carbocycles. The number of unbranched alkanes of at least 4 members (excludes halogenated alkanes) is 20. The molecule has 1 amide bonds. The minimum atomic E-state index is -4.58. The second-order valence-corrected chi connectivity index (χ2v) is 16.0. The van der Waals surface area contributed by atoms with Gasteiger partial charge in [-0.2, -0.15) is 0 Å². The number of hydrogen-bond acceptors (Lipinski definition) is 6. The number of hydrogen-bond donors (Lipinski definition) is 2. The molecule has 0 radical (unpaired) electrons. The number of aliphatic hydroxyl groups excluding tert-OH is 1. The number of nitrogens with zero attached hydrogens (tertiary/aromatic N) is 1. The molecule has 3 atom stereocenters. The molecule has 48 heavy (non-hydrogen) atoms. The van der Waals surface area contributed by atoms with Crippen LogP contribution in [0.25, 0.3) is 0 Å². The van der Waals surface area contributed by atoms with Crippen molar-refractivity contribution in [3.05, 3.63) is 24.3 Å². The molecule has 0 fully saturated rings. The third kappa shape index (κ3) is 33.5. The van der Waals surface area contributed by atoms with E-state index in [1.165, 1.54) is 96.3 Å². The van der Waals surface area contributed by atoms with Crippen molar-refractivity contribution in [2.24, 2.45) is 0 Å². The molecule has 0 aliphatic rings. The van der Waals surface area contributed by atoms with Crippen molar-refractivity contribution in [1.29, 1.82) is 0 Å². The van der Waals surface area contributed by atoms with Crippen molar-refractivity contribution in [3.8, 4) is 0 Å². The zero-order chi connectivity index (χ0) is 35.8. The van der Waals surface area contributed by atoms with Gasteiger partial charge in [-0.25, -0.2) is 0 Å². The molecular weight excluding hydrogens is 623 g/mol. The fourth-order valence-corrected chi connectivity index (χ4v) is 6.16. The summed E-state index contributed by atoms with van der Waals surface area (Å²) >= 11 is 0. The fraction of sp³-hybridized carbons (Fsp3) is 0.872. The number of rotatable bonds is 35. The van der Waals surface area contributed by atoms with Crippen LogP contribution in [0.15, 0.2) is 24.3 Å². The van der Waals surface area contributed by atoms with Gasteiger partial charge in [-0.15, -0.1) is 0 Å². The van der Waals surface area contributed by atoms with E-state index in [1.807, 2.05) is 27.2 Å². The Hall–Kier alpha value is -1.02. The lowest BCUT2D eigenvalue weighted by atomic mass is 10.1. The largest absolute Gasteiger partial charge is 0.756 e. The monoisotopic (exact) mass is 701 g/mol. The third-order valence-electron chi connectivity index (χ3n) is 8.66. The van der Waals surface area contributed by atoms with Crippen molar-refractivity contribution in [2.75, 3.05) is 40.9 Å². The second kappa shape index (κ2) is 31.9. The van der Waals surface area contributed by atoms with E-state index in [1.54, 1.807) is 6.08 Å². The summed E-state index contributed by atoms with van der Waals surface area (Å²) in [6.07, 6.45) is 35.0. The number of allylic oxidation sites excluding steroid dienone is 3. The minimum Gasteiger partial charge on any atom is -0.756 e. The van der Waals surface area contributed by atoms with Gasteiger partial charge in [0.25, 0.3) is 7.82 Å². The lowest BCUT2D eigenvalue weighted by Gasteiger charge is -2.29. The van der Waals surface area contributed by atoms with Crippen LogP contribution < -0.4 is 10.2 Å². The van der Waals surface area contributed by atoms with Crippen LogP contribution in [-0.2, 0) is 18.4 Å². The summed E-state index contributed by atoms with van der Waals surface area (Å²) in [5.41, 5.74) is 0. The molecule has 0 aromatic heterocycles. The summed E-state index contributed by atoms with van der Waals surface area (Å²) in [5.74, 6) is -0.209. The Morgan fingerprint density at radius 1 is 0.708 bits per heavy atom. The van der Waals surface area contributed by atoms with Crippen molar-refractivity contribution in [2.45, 2.75) is 180 Å². The number of carbonyl (C=O) groups is 1. The van der Waals surface area contributed by atoms with Gasteiger partial charge in [-0.3, -0.25) is 9.36 Å². The molecule has 0 aliphatic carbocycles. The third-order valence-corrected chi connectivity index (χ3v) is 9.62. The highest BCUT2D eigenvalue weighted by Crippen LogP contribution is 2.38. The Morgan fingerprint density at radius 3 is 1.62 bits per heavy atom. The maximum atomic E-state index is 12.8. The Labute approximate surface area is 296 Å². The number of phosphoric ester groups is 1. The number of quaternary nitrogens is 1. The molecule has 8 nitrogen and oxygen atoms in total. The standard InChI is InChI=1S/C39H77N2O6P/c1-6-8-10-12-14-16-18-20-21-23-25-27-29-31-33-39(43)40-37(36-47-48(44,45)46-35-34-41(3,4)5)38(42)32-30-28-26-24-22-19-17-15-13-11-9-7-2/h18,20,30,32,37-38,42H,6-17,19,21-29,31,33-36H2,1-5H3,(H-,40,43,44,45)/b20-18+,32-30+/t37-,38+/m0/s1. The van der Waals surface area contributed by atoms with Gasteiger partial charge in [0, 0.05) is 6.42 Å². The van der Waals surface area contributed by atoms with Crippen LogP contribution in [0.1, 0.15) is 168 Å². The number of amides is 1. The zero-order valence-corrected chi connectivity index (χ0v) is 32.8. The lowest BCUT2D eigenvalue weighted by Crippen LogP contribution is -2.45. The van der Waals surface area contributed by atoms with Gasteiger partial charge < -0.3 is 28.8 Å². The minimum absolute atomic E-state index is 0.00195. The summed E-state index contributed by atoms with van der Waals surface area (Å²) in [4.78, 5) is 25.1. The van der Waals surface area contributed by atoms with E-state index in [-0.39, 0.29) is 19.1 Å². The predicted molar refractivity (Wildman–Crippen MR) is 201 cm³/mol. The van der Waals surface area contributed by atoms with Crippen molar-refractivity contribution in [3.63, 3.8) is 0 Å². The van der Waals surface area contributed by atoms with Crippen LogP contribution in [0.2, 0.25) is 0 Å². The predicted octanol–water partition coefficient (Wildman–Crippen LogP) is 9.55. The van der Waals surface area contributed by atoms with Gasteiger partial charge in [0.15, 0.2) is 0 Å². The Balaban J connectivity index is 4.53. The van der Waals surface area contributed by atoms with Crippen LogP contribution in [0.5, 0.6) is 0 Å². The Bertz CT molecular complexity index is 845. The second-order valence-electron chi connectivity index (χ2n) is 14.6. The van der Waals surface area contributed by atoms with E-state index < -0.39 is 20.0 Å². The molecule has 0 aliphatic heterocycles. The molecule has 2 N–H and O–H groups in total. The van der Waals surface area contributed by atoms with Crippen molar-refractivity contribution in [1.82, 2.24) is 5.32 Å². The van der Waals surface area contributed by atoms with Gasteiger partial charge in [-0.05, 0) is 44.9 Å². The van der Waals surface area contributed by atoms with E-state index in [0.717, 1.165) is 51.4 Å². The summed E-state index contributed by atoms with van der Waals surface area (Å²) in [5, 5.41) is 13.7. The van der Waals surface area contributed by atoms with Crippen LogP contribution >= 0.6 is 7.82 Å². The van der Waals surface area contributed by atoms with Crippen molar-refractivity contribution >= 4 is 13.7 Å². The average Bonchev–Trinajstić information content (AvgIpc) is 3.02. The molecular formula is C39H77N2O6P. The Kier molecular flexibility index (Phi) is 31.2. The molecule has 0 aromatic carbocycles. The number of aliphatic hydroxyl groups is 1. The number of carbonyl (C=O) groups excluding carboxylic acids is 1. The van der Waals surface area contributed by atoms with Gasteiger partial charge in [0.05, 0.1) is 39.9 Å². The number of likely N-dealkylation sites (N-methyl/N-ethyl adjacent to an activating group) is 1. The van der Waals surface area contributed by atoms with E-state index in [0.29, 0.717) is 17.4 Å². The van der Waals surface area contributed by atoms with E-state index in [2.05, 4.69) is 31.3 Å². The topological polar surface area (TPSA) is 108 Å². The molecule has 0 spiro atoms. The van der Waals surface area contributed by atoms with Gasteiger partial charge in [-0.1, -0.05) is 141 Å². The van der Waals surface area contributed by atoms with E-state index in [4.69, 9.17) is 9.05 Å². The van der Waals surface area contributed by atoms with Gasteiger partial charge in [0.1, 0.15) is 13.2 Å². The summed E-state index contributed by atoms with van der Waals surface area (Å²) in [7, 11) is 1.25. The smallest absolute Gasteiger partial charge is 0.268 e. The lowest BCUT2D eigenvalue weighted by molar-refractivity contribution is -0.870. The quantitative estimate of drug-likeness (QED) is 0.0295. The number of phosphoric acid groups is 1. The molecule has 0 bridgehead atoms. The first kappa shape index (κ1) is 47.0. The first-order chi connectivity index (χ1) is 23.0. The molecule has 1 unspecified atom stereocenters. The molecule has 0 saturated heterocycles. The fourth-order valence-electron chi connectivity index (χ4n) is 5.44. The first-order valence-electron chi connectivity index (χ1n) is 19.7. The van der Waals surface area contributed by atoms with E-state index >= 15 is 0 Å². The van der Waals surface area contributed by atoms with Crippen LogP contribution in [-0.4, -0.2) is 68.5 Å². The molecule has 0 heterocycles. The highest BCUT2D eigenvalue weighted by atomic mass is 31.2. The maximum Gasteiger partial charge on any atom is 0.268 e. The van der Waals surface area contributed by atoms with E-state index in [9.17, 15) is 19.4 Å². The molecule has 9 heteroatoms. The SMILES string of the molecule is CCCCCCC/C=C/CCCCCCCC(=O)N[C@@H](COP(=O)([O-])OCC[N+](C)(C)C)[C@H](O)/C=C/CCCCCCCCCCCC. The van der Waals surface area contributed by atoms with Crippen molar-refractivity contribution < 1.29 is 32.9 Å². The number of nitrogens with one attached hydrogen (secondary N) is 1. The van der Waals surface area contributed by atoms with Crippen LogP contribution in [0.3, 0.4) is 0 Å². The molecule has 284 valence electrons.